The molecule has 1 aliphatic rings. The van der Waals surface area contributed by atoms with Crippen LogP contribution in [0.5, 0.6) is 0 Å². The number of aromatic nitrogens is 3. The fraction of sp³-hybridized carbons (Fsp3) is 0.0976. The molecule has 210 valence electrons. The molecule has 0 N–H and O–H groups in total. The Morgan fingerprint density at radius 3 is 1.68 bits per heavy atom. The second-order valence-corrected chi connectivity index (χ2v) is 11.5. The first-order chi connectivity index (χ1) is 22.5. The number of aryl methyl sites for hydroxylation is 1. The molecule has 0 aliphatic heterocycles. The molecule has 44 heavy (non-hydrogen) atoms. The lowest BCUT2D eigenvalue weighted by Crippen LogP contribution is -2.00. The van der Waals surface area contributed by atoms with E-state index in [9.17, 15) is 0 Å². The number of hydrogen-bond donors (Lipinski definition) is 0. The van der Waals surface area contributed by atoms with E-state index < -0.39 is 6.37 Å². The van der Waals surface area contributed by atoms with E-state index in [1.165, 1.54) is 44.5 Å². The Balaban J connectivity index is 1.35. The zero-order valence-corrected chi connectivity index (χ0v) is 24.5. The van der Waals surface area contributed by atoms with E-state index in [0.29, 0.717) is 12.8 Å². The van der Waals surface area contributed by atoms with Crippen molar-refractivity contribution in [3.63, 3.8) is 0 Å². The van der Waals surface area contributed by atoms with Gasteiger partial charge in [-0.1, -0.05) is 116 Å². The first-order valence-corrected chi connectivity index (χ1v) is 15.3. The normalized spacial score (nSPS) is 13.0. The number of para-hydroxylation sites is 3. The minimum absolute atomic E-state index is 0.329. The molecule has 0 saturated heterocycles. The summed E-state index contributed by atoms with van der Waals surface area (Å²) in [7, 11) is 0. The first-order valence-electron chi connectivity index (χ1n) is 16.3. The van der Waals surface area contributed by atoms with Crippen molar-refractivity contribution in [2.24, 2.45) is 0 Å². The molecule has 0 radical (unpaired) electrons. The van der Waals surface area contributed by atoms with Crippen LogP contribution < -0.4 is 0 Å². The zero-order chi connectivity index (χ0) is 31.0. The Bertz CT molecular complexity index is 2480. The predicted molar refractivity (Wildman–Crippen MR) is 183 cm³/mol. The van der Waals surface area contributed by atoms with Gasteiger partial charge in [-0.2, -0.15) is 0 Å². The van der Waals surface area contributed by atoms with Gasteiger partial charge >= 0.3 is 0 Å². The summed E-state index contributed by atoms with van der Waals surface area (Å²) >= 11 is 0. The van der Waals surface area contributed by atoms with Crippen LogP contribution in [0.3, 0.4) is 0 Å². The Morgan fingerprint density at radius 1 is 0.545 bits per heavy atom. The van der Waals surface area contributed by atoms with Crippen molar-refractivity contribution in [2.75, 3.05) is 0 Å². The molecule has 0 spiro atoms. The van der Waals surface area contributed by atoms with Crippen LogP contribution >= 0.6 is 0 Å². The molecule has 9 rings (SSSR count). The molecule has 8 aromatic rings. The molecule has 0 unspecified atom stereocenters. The molecule has 2 aromatic heterocycles. The van der Waals surface area contributed by atoms with Crippen molar-refractivity contribution >= 4 is 27.8 Å². The zero-order valence-electron chi connectivity index (χ0n) is 26.5. The van der Waals surface area contributed by atoms with Crippen molar-refractivity contribution in [1.29, 1.82) is 0 Å². The lowest BCUT2D eigenvalue weighted by molar-refractivity contribution is 0.798. The average Bonchev–Trinajstić information content (AvgIpc) is 3.63. The van der Waals surface area contributed by atoms with Gasteiger partial charge < -0.3 is 0 Å². The second-order valence-electron chi connectivity index (χ2n) is 11.5. The number of fused-ring (bicyclic) bond motifs is 13. The lowest BCUT2D eigenvalue weighted by atomic mass is 9.81. The summed E-state index contributed by atoms with van der Waals surface area (Å²) in [5, 5.41) is 0. The van der Waals surface area contributed by atoms with Gasteiger partial charge in [0.05, 0.1) is 22.1 Å². The standard InChI is InChI=1S/C41H31N3/c1-2-3-13-27-14-12-23-39-40(27)42-41-43(37-21-10-11-22-38(37)44(39)41)28-24-25-35-33-19-7-6-17-31(33)29-15-4-5-16-30(29)32-18-8-9-20-34(32)36(35)26-28/h4-12,14-26H,2-3,13H2,1H3/i3D2. The molecule has 0 saturated carbocycles. The SMILES string of the molecule is [2H]C([2H])(CC)Cc1cccc2c1nc1n(-c3ccc4c(c3)-c3ccccc3-c3ccccc3-c3ccccc3-4)c3ccccc3n21. The number of imidazole rings is 2. The molecule has 3 nitrogen and oxygen atoms in total. The Hall–Kier alpha value is -5.41. The summed E-state index contributed by atoms with van der Waals surface area (Å²) in [5.41, 5.74) is 15.7. The van der Waals surface area contributed by atoms with Gasteiger partial charge in [-0.15, -0.1) is 0 Å². The molecule has 3 heteroatoms. The minimum atomic E-state index is -1.29. The van der Waals surface area contributed by atoms with E-state index in [2.05, 4.69) is 130 Å². The van der Waals surface area contributed by atoms with Crippen molar-refractivity contribution in [3.05, 3.63) is 139 Å². The Kier molecular flexibility index (Phi) is 5.15. The van der Waals surface area contributed by atoms with Gasteiger partial charge in [0.15, 0.2) is 0 Å². The van der Waals surface area contributed by atoms with Gasteiger partial charge in [-0.3, -0.25) is 8.97 Å². The van der Waals surface area contributed by atoms with Gasteiger partial charge in [0.1, 0.15) is 0 Å². The van der Waals surface area contributed by atoms with Crippen LogP contribution in [0, 0.1) is 0 Å². The van der Waals surface area contributed by atoms with Crippen LogP contribution in [0.1, 0.15) is 28.0 Å². The van der Waals surface area contributed by atoms with Crippen LogP contribution in [-0.4, -0.2) is 14.0 Å². The summed E-state index contributed by atoms with van der Waals surface area (Å²) in [5.74, 6) is 0.825. The highest BCUT2D eigenvalue weighted by molar-refractivity contribution is 6.03. The fourth-order valence-electron chi connectivity index (χ4n) is 7.13. The van der Waals surface area contributed by atoms with E-state index in [-0.39, 0.29) is 0 Å². The van der Waals surface area contributed by atoms with Gasteiger partial charge in [-0.25, -0.2) is 4.98 Å². The van der Waals surface area contributed by atoms with Crippen LogP contribution in [-0.2, 0) is 6.42 Å². The highest BCUT2D eigenvalue weighted by atomic mass is 15.2. The van der Waals surface area contributed by atoms with Crippen molar-refractivity contribution in [3.8, 4) is 50.2 Å². The van der Waals surface area contributed by atoms with E-state index in [4.69, 9.17) is 7.73 Å². The Morgan fingerprint density at radius 2 is 1.07 bits per heavy atom. The quantitative estimate of drug-likeness (QED) is 0.207. The third-order valence-corrected chi connectivity index (χ3v) is 9.08. The van der Waals surface area contributed by atoms with Gasteiger partial charge in [0.2, 0.25) is 5.78 Å². The van der Waals surface area contributed by atoms with Crippen LogP contribution in [0.15, 0.2) is 133 Å². The molecule has 0 bridgehead atoms. The largest absolute Gasteiger partial charge is 0.278 e. The van der Waals surface area contributed by atoms with Crippen molar-refractivity contribution in [2.45, 2.75) is 26.1 Å². The van der Waals surface area contributed by atoms with Gasteiger partial charge in [-0.05, 0) is 93.2 Å². The molecule has 0 atom stereocenters. The van der Waals surface area contributed by atoms with E-state index in [1.54, 1.807) is 0 Å². The summed E-state index contributed by atoms with van der Waals surface area (Å²) in [6.45, 7) is 1.90. The predicted octanol–water partition coefficient (Wildman–Crippen LogP) is 10.8. The highest BCUT2D eigenvalue weighted by Gasteiger charge is 2.24. The van der Waals surface area contributed by atoms with Crippen LogP contribution in [0.4, 0.5) is 0 Å². The highest BCUT2D eigenvalue weighted by Crippen LogP contribution is 2.48. The summed E-state index contributed by atoms with van der Waals surface area (Å²) in [4.78, 5) is 5.26. The molecule has 6 aromatic carbocycles. The maximum Gasteiger partial charge on any atom is 0.220 e. The van der Waals surface area contributed by atoms with Crippen LogP contribution in [0.2, 0.25) is 0 Å². The van der Waals surface area contributed by atoms with Crippen molar-refractivity contribution < 1.29 is 2.74 Å². The number of benzene rings is 6. The third-order valence-electron chi connectivity index (χ3n) is 9.08. The minimum Gasteiger partial charge on any atom is -0.278 e. The second kappa shape index (κ2) is 9.82. The smallest absolute Gasteiger partial charge is 0.220 e. The van der Waals surface area contributed by atoms with Gasteiger partial charge in [0.25, 0.3) is 0 Å². The summed E-state index contributed by atoms with van der Waals surface area (Å²) in [6.07, 6.45) is -0.510. The third kappa shape index (κ3) is 3.59. The molecular formula is C41H31N3. The summed E-state index contributed by atoms with van der Waals surface area (Å²) < 4.78 is 21.5. The average molecular weight is 568 g/mol. The van der Waals surface area contributed by atoms with Gasteiger partial charge in [0, 0.05) is 8.43 Å². The molecule has 0 fully saturated rings. The topological polar surface area (TPSA) is 22.2 Å². The maximum atomic E-state index is 8.50. The Labute approximate surface area is 259 Å². The maximum absolute atomic E-state index is 8.50. The summed E-state index contributed by atoms with van der Waals surface area (Å²) in [6, 6.07) is 47.6. The van der Waals surface area contributed by atoms with Crippen molar-refractivity contribution in [1.82, 2.24) is 14.0 Å². The van der Waals surface area contributed by atoms with Crippen LogP contribution in [0.25, 0.3) is 78.0 Å². The monoisotopic (exact) mass is 567 g/mol. The first kappa shape index (κ1) is 23.1. The molecule has 2 heterocycles. The number of nitrogens with zero attached hydrogens (tertiary/aromatic N) is 3. The number of hydrogen-bond acceptors (Lipinski definition) is 1. The molecule has 0 amide bonds. The van der Waals surface area contributed by atoms with E-state index in [0.717, 1.165) is 39.1 Å². The van der Waals surface area contributed by atoms with E-state index >= 15 is 0 Å². The number of rotatable bonds is 4. The molecule has 1 aliphatic carbocycles. The fourth-order valence-corrected chi connectivity index (χ4v) is 7.13. The molecular weight excluding hydrogens is 534 g/mol. The van der Waals surface area contributed by atoms with E-state index in [1.807, 2.05) is 19.1 Å². The lowest BCUT2D eigenvalue weighted by Gasteiger charge is -2.23.